The van der Waals surface area contributed by atoms with Crippen LogP contribution in [0.2, 0.25) is 0 Å². The zero-order valence-corrected chi connectivity index (χ0v) is 17.5. The summed E-state index contributed by atoms with van der Waals surface area (Å²) in [5.41, 5.74) is 6.30. The summed E-state index contributed by atoms with van der Waals surface area (Å²) in [5, 5.41) is 17.8. The zero-order chi connectivity index (χ0) is 21.1. The van der Waals surface area contributed by atoms with Crippen molar-refractivity contribution < 1.29 is 19.2 Å². The highest BCUT2D eigenvalue weighted by Gasteiger charge is 2.45. The average Bonchev–Trinajstić information content (AvgIpc) is 3.32. The highest BCUT2D eigenvalue weighted by Crippen LogP contribution is 2.30. The molecule has 2 aliphatic heterocycles. The van der Waals surface area contributed by atoms with Crippen molar-refractivity contribution in [1.82, 2.24) is 20.3 Å². The summed E-state index contributed by atoms with van der Waals surface area (Å²) in [5.74, 6) is -1.53. The van der Waals surface area contributed by atoms with Gasteiger partial charge in [0.05, 0.1) is 19.1 Å². The number of nitrogen functional groups attached to an aromatic ring is 1. The molecule has 1 fully saturated rings. The minimum absolute atomic E-state index is 0.0229. The van der Waals surface area contributed by atoms with Crippen LogP contribution < -0.4 is 11.1 Å². The van der Waals surface area contributed by atoms with E-state index < -0.39 is 23.1 Å². The molecule has 0 radical (unpaired) electrons. The molecule has 10 nitrogen and oxygen atoms in total. The van der Waals surface area contributed by atoms with Gasteiger partial charge < -0.3 is 20.7 Å². The van der Waals surface area contributed by atoms with E-state index in [0.717, 1.165) is 0 Å². The Balaban J connectivity index is 1.73. The Morgan fingerprint density at radius 2 is 2.34 bits per heavy atom. The quantitative estimate of drug-likeness (QED) is 0.219. The van der Waals surface area contributed by atoms with E-state index in [4.69, 9.17) is 5.73 Å². The molecule has 156 valence electrons. The van der Waals surface area contributed by atoms with Gasteiger partial charge in [-0.2, -0.15) is 0 Å². The maximum absolute atomic E-state index is 12.9. The molecule has 3 heterocycles. The Kier molecular flexibility index (Phi) is 6.57. The number of hydrogen-bond donors (Lipinski definition) is 3. The lowest BCUT2D eigenvalue weighted by atomic mass is 10.2. The lowest BCUT2D eigenvalue weighted by molar-refractivity contribution is -0.135. The number of hydrazine groups is 1. The number of amides is 1. The number of nitrogens with zero attached hydrogens (tertiary/aromatic N) is 4. The summed E-state index contributed by atoms with van der Waals surface area (Å²) >= 11 is -0.154. The first-order chi connectivity index (χ1) is 13.8. The molecule has 4 N–H and O–H groups in total. The molecular formula is C17H22N6O4S2. The van der Waals surface area contributed by atoms with Gasteiger partial charge in [0, 0.05) is 18.5 Å². The fourth-order valence-corrected chi connectivity index (χ4v) is 4.58. The highest BCUT2D eigenvalue weighted by molar-refractivity contribution is 7.94. The highest BCUT2D eigenvalue weighted by atomic mass is 32.2. The first kappa shape index (κ1) is 21.3. The number of carbonyl (C=O) groups is 2. The summed E-state index contributed by atoms with van der Waals surface area (Å²) in [6.45, 7) is 4.98. The summed E-state index contributed by atoms with van der Waals surface area (Å²) in [6.07, 6.45) is 3.79. The average molecular weight is 439 g/mol. The van der Waals surface area contributed by atoms with E-state index in [1.165, 1.54) is 17.6 Å². The van der Waals surface area contributed by atoms with Crippen molar-refractivity contribution in [3.8, 4) is 0 Å². The van der Waals surface area contributed by atoms with E-state index in [9.17, 15) is 19.2 Å². The molecule has 12 heteroatoms. The predicted octanol–water partition coefficient (Wildman–Crippen LogP) is -0.204. The number of carboxylic acid groups (broad SMARTS) is 1. The fraction of sp³-hybridized carbons (Fsp3) is 0.412. The lowest BCUT2D eigenvalue weighted by Gasteiger charge is -2.20. The van der Waals surface area contributed by atoms with Crippen LogP contribution in [0.5, 0.6) is 0 Å². The van der Waals surface area contributed by atoms with Gasteiger partial charge in [-0.1, -0.05) is 6.08 Å². The third-order valence-electron chi connectivity index (χ3n) is 4.48. The van der Waals surface area contributed by atoms with Gasteiger partial charge in [0.2, 0.25) is 0 Å². The standard InChI is InChI=1S/C17H22N6O4S2/c1-3-4-5-19-13(11-9-28-17(18)21-11)15(24)20-10-6-22-8-12(29(2)27)14(16(25)26)23(22)7-10/h3,9-10H,1,4-8H2,2H3,(H2,18,21)(H,20,24)(H,25,26)/b19-13-. The molecule has 1 aromatic heterocycles. The molecule has 0 saturated carbocycles. The molecular weight excluding hydrogens is 416 g/mol. The Hall–Kier alpha value is -2.41. The topological polar surface area (TPSA) is 147 Å². The van der Waals surface area contributed by atoms with Crippen molar-refractivity contribution in [1.29, 1.82) is 0 Å². The SMILES string of the molecule is C=CCC/N=C(\C(=O)NC1CN2CC([S+](C)[O-])=C(C(=O)O)N2C1)c1csc(N)n1. The second kappa shape index (κ2) is 8.95. The number of aromatic nitrogens is 1. The van der Waals surface area contributed by atoms with Gasteiger partial charge >= 0.3 is 5.97 Å². The molecule has 1 amide bonds. The Morgan fingerprint density at radius 1 is 1.59 bits per heavy atom. The molecule has 3 rings (SSSR count). The number of nitrogens with one attached hydrogen (secondary N) is 1. The molecule has 0 spiro atoms. The van der Waals surface area contributed by atoms with Gasteiger partial charge in [0.25, 0.3) is 5.91 Å². The van der Waals surface area contributed by atoms with Crippen molar-refractivity contribution in [2.24, 2.45) is 4.99 Å². The van der Waals surface area contributed by atoms with E-state index in [0.29, 0.717) is 35.2 Å². The van der Waals surface area contributed by atoms with Gasteiger partial charge in [-0.25, -0.2) is 14.8 Å². The first-order valence-electron chi connectivity index (χ1n) is 8.81. The lowest BCUT2D eigenvalue weighted by Crippen LogP contribution is -2.43. The van der Waals surface area contributed by atoms with Crippen molar-refractivity contribution in [3.63, 3.8) is 0 Å². The first-order valence-corrected chi connectivity index (χ1v) is 11.3. The van der Waals surface area contributed by atoms with Crippen molar-refractivity contribution in [3.05, 3.63) is 34.3 Å². The van der Waals surface area contributed by atoms with Crippen LogP contribution in [-0.2, 0) is 20.8 Å². The van der Waals surface area contributed by atoms with Gasteiger partial charge in [-0.15, -0.1) is 17.9 Å². The van der Waals surface area contributed by atoms with Crippen LogP contribution in [0.4, 0.5) is 5.13 Å². The van der Waals surface area contributed by atoms with Crippen LogP contribution in [0.25, 0.3) is 0 Å². The Bertz CT molecular complexity index is 881. The van der Waals surface area contributed by atoms with Crippen molar-refractivity contribution >= 4 is 45.2 Å². The second-order valence-corrected chi connectivity index (χ2v) is 8.80. The largest absolute Gasteiger partial charge is 0.612 e. The maximum atomic E-state index is 12.9. The molecule has 0 aromatic carbocycles. The molecule has 0 aliphatic carbocycles. The van der Waals surface area contributed by atoms with E-state index in [-0.39, 0.29) is 30.5 Å². The van der Waals surface area contributed by atoms with Crippen LogP contribution in [0, 0.1) is 0 Å². The van der Waals surface area contributed by atoms with Crippen LogP contribution in [-0.4, -0.2) is 80.7 Å². The number of aliphatic imine (C=N–C) groups is 1. The number of carbonyl (C=O) groups excluding carboxylic acids is 1. The number of rotatable bonds is 8. The number of hydrogen-bond acceptors (Lipinski definition) is 9. The molecule has 1 aromatic rings. The number of fused-ring (bicyclic) bond motifs is 1. The number of aliphatic carboxylic acids is 1. The second-order valence-electron chi connectivity index (χ2n) is 6.51. The van der Waals surface area contributed by atoms with Gasteiger partial charge in [0.1, 0.15) is 17.7 Å². The minimum Gasteiger partial charge on any atom is -0.612 e. The maximum Gasteiger partial charge on any atom is 0.358 e. The summed E-state index contributed by atoms with van der Waals surface area (Å²) in [7, 11) is 0. The molecule has 2 atom stereocenters. The van der Waals surface area contributed by atoms with Crippen molar-refractivity contribution in [2.45, 2.75) is 12.5 Å². The summed E-state index contributed by atoms with van der Waals surface area (Å²) in [6, 6.07) is -0.315. The molecule has 0 bridgehead atoms. The Morgan fingerprint density at radius 3 is 2.93 bits per heavy atom. The fourth-order valence-electron chi connectivity index (χ4n) is 3.24. The van der Waals surface area contributed by atoms with E-state index in [2.05, 4.69) is 21.9 Å². The van der Waals surface area contributed by atoms with E-state index in [1.807, 2.05) is 0 Å². The monoisotopic (exact) mass is 438 g/mol. The summed E-state index contributed by atoms with van der Waals surface area (Å²) in [4.78, 5) is 33.4. The van der Waals surface area contributed by atoms with Crippen LogP contribution in [0.3, 0.4) is 0 Å². The smallest absolute Gasteiger partial charge is 0.358 e. The zero-order valence-electron chi connectivity index (χ0n) is 15.8. The van der Waals surface area contributed by atoms with Crippen LogP contribution in [0.15, 0.2) is 33.6 Å². The molecule has 2 unspecified atom stereocenters. The third kappa shape index (κ3) is 4.61. The number of thiazole rings is 1. The van der Waals surface area contributed by atoms with E-state index >= 15 is 0 Å². The predicted molar refractivity (Wildman–Crippen MR) is 112 cm³/mol. The van der Waals surface area contributed by atoms with Gasteiger partial charge in [0.15, 0.2) is 15.7 Å². The van der Waals surface area contributed by atoms with Crippen LogP contribution >= 0.6 is 11.3 Å². The number of nitrogens with two attached hydrogens (primary N) is 1. The normalized spacial score (nSPS) is 20.7. The number of carboxylic acids is 1. The van der Waals surface area contributed by atoms with Crippen molar-refractivity contribution in [2.75, 3.05) is 38.2 Å². The minimum atomic E-state index is -1.38. The molecule has 1 saturated heterocycles. The third-order valence-corrected chi connectivity index (χ3v) is 6.17. The van der Waals surface area contributed by atoms with Gasteiger partial charge in [-0.3, -0.25) is 14.8 Å². The molecule has 29 heavy (non-hydrogen) atoms. The molecule has 2 aliphatic rings. The van der Waals surface area contributed by atoms with Gasteiger partial charge in [-0.05, 0) is 17.6 Å². The number of anilines is 1. The van der Waals surface area contributed by atoms with E-state index in [1.54, 1.807) is 21.5 Å². The summed E-state index contributed by atoms with van der Waals surface area (Å²) < 4.78 is 11.9. The Labute approximate surface area is 174 Å². The van der Waals surface area contributed by atoms with Crippen LogP contribution in [0.1, 0.15) is 12.1 Å².